The molecule has 0 unspecified atom stereocenters. The van der Waals surface area contributed by atoms with Crippen molar-refractivity contribution in [2.24, 2.45) is 0 Å². The van der Waals surface area contributed by atoms with Gasteiger partial charge in [0.2, 0.25) is 0 Å². The molecule has 0 saturated heterocycles. The van der Waals surface area contributed by atoms with Crippen LogP contribution in [0, 0.1) is 0 Å². The minimum Gasteiger partial charge on any atom is -0.296 e. The van der Waals surface area contributed by atoms with E-state index in [4.69, 9.17) is 0 Å². The van der Waals surface area contributed by atoms with E-state index in [-0.39, 0.29) is 5.69 Å². The van der Waals surface area contributed by atoms with Gasteiger partial charge in [-0.2, -0.15) is 5.10 Å². The molecule has 0 atom stereocenters. The first-order valence-corrected chi connectivity index (χ1v) is 1.47. The van der Waals surface area contributed by atoms with Crippen LogP contribution in [0.15, 0.2) is 11.1 Å². The second-order valence-electron chi connectivity index (χ2n) is 0.843. The monoisotopic (exact) mass is 87.0 g/mol. The van der Waals surface area contributed by atoms with E-state index in [1.807, 2.05) is 0 Å². The first-order chi connectivity index (χ1) is 2.89. The van der Waals surface area contributed by atoms with Crippen LogP contribution in [0.4, 0.5) is 0 Å². The molecule has 32 valence electrons. The predicted octanol–water partition coefficient (Wildman–Crippen LogP) is -0.902. The Morgan fingerprint density at radius 2 is 2.67 bits per heavy atom. The maximum atomic E-state index is 9.90. The summed E-state index contributed by atoms with van der Waals surface area (Å²) in [6.07, 6.45) is 1.29. The minimum absolute atomic E-state index is 0.269. The van der Waals surface area contributed by atoms with Crippen LogP contribution >= 0.6 is 0 Å². The lowest BCUT2D eigenvalue weighted by Crippen LogP contribution is -1.99. The van der Waals surface area contributed by atoms with Crippen molar-refractivity contribution in [3.63, 3.8) is 0 Å². The van der Waals surface area contributed by atoms with E-state index >= 15 is 0 Å². The first-order valence-electron chi connectivity index (χ1n) is 1.47. The molecule has 0 spiro atoms. The second kappa shape index (κ2) is 0.965. The molecule has 0 amide bonds. The number of nitrogens with one attached hydrogen (secondary N) is 2. The highest BCUT2D eigenvalue weighted by Gasteiger charge is 1.70. The molecule has 1 rings (SSSR count). The lowest BCUT2D eigenvalue weighted by molar-refractivity contribution is 1.05. The van der Waals surface area contributed by atoms with Crippen molar-refractivity contribution < 1.29 is 0 Å². The van der Waals surface area contributed by atoms with E-state index in [1.165, 1.54) is 6.33 Å². The molecule has 0 radical (unpaired) electrons. The molecule has 4 heteroatoms. The molecule has 0 saturated carbocycles. The van der Waals surface area contributed by atoms with Crippen LogP contribution in [0.25, 0.3) is 0 Å². The standard InChI is InChI=1S/C2H3N3O/c6-2-3-1-4-5-2/h1H,(H2,3,4,5,6)/i4+1,5+1. The highest BCUT2D eigenvalue weighted by Crippen LogP contribution is 1.42. The summed E-state index contributed by atoms with van der Waals surface area (Å²) in [4.78, 5) is 12.2. The number of hydrogen-bond acceptors (Lipinski definition) is 2. The number of H-pyrrole nitrogens is 2. The van der Waals surface area contributed by atoms with Crippen LogP contribution in [0.5, 0.6) is 0 Å². The smallest absolute Gasteiger partial charge is 0.296 e. The fourth-order valence-electron chi connectivity index (χ4n) is 0.214. The molecule has 2 N–H and O–H groups in total. The third-order valence-electron chi connectivity index (χ3n) is 0.426. The Labute approximate surface area is 33.2 Å². The van der Waals surface area contributed by atoms with Gasteiger partial charge in [0.15, 0.2) is 0 Å². The maximum Gasteiger partial charge on any atom is 0.340 e. The second-order valence-corrected chi connectivity index (χ2v) is 0.843. The van der Waals surface area contributed by atoms with Gasteiger partial charge in [-0.1, -0.05) is 0 Å². The third kappa shape index (κ3) is 0.314. The number of rotatable bonds is 0. The number of aromatic nitrogens is 3. The molecule has 4 nitrogen and oxygen atoms in total. The van der Waals surface area contributed by atoms with Crippen LogP contribution in [0.1, 0.15) is 0 Å². The molecule has 1 heterocycles. The molecular formula is C2H3N3O. The van der Waals surface area contributed by atoms with E-state index in [1.54, 1.807) is 0 Å². The molecule has 0 aliphatic heterocycles. The van der Waals surface area contributed by atoms with E-state index < -0.39 is 0 Å². The lowest BCUT2D eigenvalue weighted by atomic mass is 11.3. The maximum absolute atomic E-state index is 9.90. The van der Waals surface area contributed by atoms with Gasteiger partial charge in [0.1, 0.15) is 6.33 Å². The average molecular weight is 87.1 g/mol. The quantitative estimate of drug-likeness (QED) is 0.430. The molecule has 0 aliphatic rings. The Balaban J connectivity index is 3.41. The molecule has 0 fully saturated rings. The summed E-state index contributed by atoms with van der Waals surface area (Å²) < 4.78 is 0. The Bertz CT molecular complexity index is 147. The highest BCUT2D eigenvalue weighted by molar-refractivity contribution is 4.48. The Kier molecular flexibility index (Phi) is 0.506. The van der Waals surface area contributed by atoms with E-state index in [2.05, 4.69) is 15.2 Å². The van der Waals surface area contributed by atoms with Gasteiger partial charge in [-0.3, -0.25) is 4.98 Å². The Morgan fingerprint density at radius 1 is 1.83 bits per heavy atom. The lowest BCUT2D eigenvalue weighted by Gasteiger charge is -1.49. The van der Waals surface area contributed by atoms with Gasteiger partial charge in [-0.15, -0.1) is 0 Å². The van der Waals surface area contributed by atoms with Crippen molar-refractivity contribution in [2.45, 2.75) is 0 Å². The predicted molar refractivity (Wildman–Crippen MR) is 19.2 cm³/mol. The van der Waals surface area contributed by atoms with E-state index in [0.29, 0.717) is 0 Å². The van der Waals surface area contributed by atoms with Crippen molar-refractivity contribution >= 4 is 0 Å². The van der Waals surface area contributed by atoms with Gasteiger partial charge in [-0.05, 0) is 0 Å². The largest absolute Gasteiger partial charge is 0.340 e. The first kappa shape index (κ1) is 3.14. The van der Waals surface area contributed by atoms with Gasteiger partial charge >= 0.3 is 5.69 Å². The van der Waals surface area contributed by atoms with Crippen LogP contribution in [0.3, 0.4) is 0 Å². The minimum atomic E-state index is -0.269. The van der Waals surface area contributed by atoms with Crippen LogP contribution < -0.4 is 5.69 Å². The summed E-state index contributed by atoms with van der Waals surface area (Å²) in [5, 5.41) is 5.47. The summed E-state index contributed by atoms with van der Waals surface area (Å²) in [6, 6.07) is 0. The summed E-state index contributed by atoms with van der Waals surface area (Å²) in [7, 11) is 0. The molecule has 6 heavy (non-hydrogen) atoms. The number of aromatic amines is 2. The molecule has 0 bridgehead atoms. The summed E-state index contributed by atoms with van der Waals surface area (Å²) in [5.74, 6) is 0. The van der Waals surface area contributed by atoms with Crippen molar-refractivity contribution in [2.75, 3.05) is 0 Å². The fourth-order valence-corrected chi connectivity index (χ4v) is 0.214. The van der Waals surface area contributed by atoms with E-state index in [9.17, 15) is 4.79 Å². The SMILES string of the molecule is O=c1[nH]c[15n][15nH]1. The van der Waals surface area contributed by atoms with Crippen molar-refractivity contribution in [3.8, 4) is 0 Å². The van der Waals surface area contributed by atoms with Crippen molar-refractivity contribution in [1.29, 1.82) is 0 Å². The summed E-state index contributed by atoms with van der Waals surface area (Å²) in [5.41, 5.74) is -0.269. The normalized spacial score (nSPS) is 8.67. The van der Waals surface area contributed by atoms with Crippen LogP contribution in [-0.4, -0.2) is 15.2 Å². The molecule has 1 aromatic heterocycles. The summed E-state index contributed by atoms with van der Waals surface area (Å²) >= 11 is 0. The molecule has 0 aliphatic carbocycles. The van der Waals surface area contributed by atoms with Crippen LogP contribution in [0.2, 0.25) is 0 Å². The number of nitrogens with zero attached hydrogens (tertiary/aromatic N) is 1. The zero-order valence-electron chi connectivity index (χ0n) is 2.93. The molecule has 0 aromatic carbocycles. The van der Waals surface area contributed by atoms with Crippen molar-refractivity contribution in [1.82, 2.24) is 15.2 Å². The van der Waals surface area contributed by atoms with Gasteiger partial charge in [0.25, 0.3) is 0 Å². The zero-order chi connectivity index (χ0) is 4.41. The van der Waals surface area contributed by atoms with Gasteiger partial charge < -0.3 is 0 Å². The number of hydrogen-bond donors (Lipinski definition) is 2. The Morgan fingerprint density at radius 3 is 2.83 bits per heavy atom. The van der Waals surface area contributed by atoms with Gasteiger partial charge in [0.05, 0.1) is 0 Å². The highest BCUT2D eigenvalue weighted by atomic mass is 16.2. The molecular weight excluding hydrogens is 84.0 g/mol. The van der Waals surface area contributed by atoms with E-state index in [0.717, 1.165) is 0 Å². The van der Waals surface area contributed by atoms with Gasteiger partial charge in [0, 0.05) is 0 Å². The summed E-state index contributed by atoms with van der Waals surface area (Å²) in [6.45, 7) is 0. The fraction of sp³-hybridized carbons (Fsp3) is 0. The topological polar surface area (TPSA) is 61.5 Å². The Hall–Kier alpha value is -1.06. The van der Waals surface area contributed by atoms with Crippen LogP contribution in [-0.2, 0) is 0 Å². The average Bonchev–Trinajstić information content (AvgIpc) is 1.86. The zero-order valence-corrected chi connectivity index (χ0v) is 2.93. The third-order valence-corrected chi connectivity index (χ3v) is 0.426. The van der Waals surface area contributed by atoms with Gasteiger partial charge in [-0.25, -0.2) is 9.89 Å². The van der Waals surface area contributed by atoms with Crippen molar-refractivity contribution in [3.05, 3.63) is 16.8 Å². The molecule has 1 aromatic rings.